The van der Waals surface area contributed by atoms with Crippen molar-refractivity contribution >= 4 is 34.8 Å². The summed E-state index contributed by atoms with van der Waals surface area (Å²) in [5, 5.41) is 5.44. The summed E-state index contributed by atoms with van der Waals surface area (Å²) in [5.41, 5.74) is 1.26. The third kappa shape index (κ3) is 4.10. The predicted molar refractivity (Wildman–Crippen MR) is 81.6 cm³/mol. The maximum absolute atomic E-state index is 11.8. The van der Waals surface area contributed by atoms with Crippen molar-refractivity contribution in [2.24, 2.45) is 5.92 Å². The largest absolute Gasteiger partial charge is 0.459 e. The minimum absolute atomic E-state index is 0.141. The number of benzene rings is 1. The van der Waals surface area contributed by atoms with Crippen molar-refractivity contribution in [3.05, 3.63) is 48.4 Å². The molecule has 0 saturated carbocycles. The van der Waals surface area contributed by atoms with E-state index in [2.05, 4.69) is 10.6 Å². The van der Waals surface area contributed by atoms with E-state index in [-0.39, 0.29) is 29.4 Å². The molecule has 5 nitrogen and oxygen atoms in total. The molecule has 0 spiro atoms. The van der Waals surface area contributed by atoms with Crippen LogP contribution in [0.1, 0.15) is 17.5 Å². The van der Waals surface area contributed by atoms with Crippen molar-refractivity contribution in [2.75, 3.05) is 16.5 Å². The van der Waals surface area contributed by atoms with Crippen LogP contribution in [-0.2, 0) is 4.79 Å². The molecule has 110 valence electrons. The van der Waals surface area contributed by atoms with Gasteiger partial charge in [0.05, 0.1) is 6.26 Å². The number of alkyl halides is 1. The summed E-state index contributed by atoms with van der Waals surface area (Å²) in [6, 6.07) is 10.0. The molecular weight excluding hydrogens is 292 g/mol. The number of anilines is 2. The van der Waals surface area contributed by atoms with Crippen molar-refractivity contribution in [1.29, 1.82) is 0 Å². The highest BCUT2D eigenvalue weighted by Crippen LogP contribution is 2.16. The highest BCUT2D eigenvalue weighted by Gasteiger charge is 2.12. The molecule has 0 radical (unpaired) electrons. The lowest BCUT2D eigenvalue weighted by atomic mass is 10.2. The molecule has 2 rings (SSSR count). The number of furan rings is 1. The molecule has 0 saturated heterocycles. The Hall–Kier alpha value is -2.27. The molecule has 6 heteroatoms. The maximum atomic E-state index is 11.8. The smallest absolute Gasteiger partial charge is 0.291 e. The lowest BCUT2D eigenvalue weighted by Crippen LogP contribution is -2.21. The summed E-state index contributed by atoms with van der Waals surface area (Å²) in [6.07, 6.45) is 1.44. The first-order valence-electron chi connectivity index (χ1n) is 6.42. The second-order valence-electron chi connectivity index (χ2n) is 4.55. The molecule has 0 fully saturated rings. The van der Waals surface area contributed by atoms with Gasteiger partial charge in [-0.3, -0.25) is 9.59 Å². The Bertz CT molecular complexity index is 608. The minimum Gasteiger partial charge on any atom is -0.459 e. The summed E-state index contributed by atoms with van der Waals surface area (Å²) in [6.45, 7) is 1.75. The van der Waals surface area contributed by atoms with E-state index in [4.69, 9.17) is 16.0 Å². The van der Waals surface area contributed by atoms with Crippen molar-refractivity contribution in [2.45, 2.75) is 6.92 Å². The van der Waals surface area contributed by atoms with Crippen molar-refractivity contribution < 1.29 is 14.0 Å². The van der Waals surface area contributed by atoms with Crippen LogP contribution in [0.4, 0.5) is 11.4 Å². The molecule has 0 aliphatic heterocycles. The molecule has 2 amide bonds. The first kappa shape index (κ1) is 15.1. The van der Waals surface area contributed by atoms with Crippen LogP contribution in [0.3, 0.4) is 0 Å². The minimum atomic E-state index is -0.326. The van der Waals surface area contributed by atoms with Crippen LogP contribution in [0.25, 0.3) is 0 Å². The average Bonchev–Trinajstić information content (AvgIpc) is 3.02. The lowest BCUT2D eigenvalue weighted by molar-refractivity contribution is -0.118. The Labute approximate surface area is 127 Å². The van der Waals surface area contributed by atoms with E-state index >= 15 is 0 Å². The van der Waals surface area contributed by atoms with E-state index in [9.17, 15) is 9.59 Å². The van der Waals surface area contributed by atoms with Crippen LogP contribution in [0, 0.1) is 5.92 Å². The van der Waals surface area contributed by atoms with Crippen LogP contribution < -0.4 is 10.6 Å². The standard InChI is InChI=1S/C15H15ClN2O3/c1-10(9-16)14(19)17-11-4-6-12(7-5-11)18-15(20)13-3-2-8-21-13/h2-8,10H,9H2,1H3,(H,17,19)(H,18,20). The molecule has 1 heterocycles. The van der Waals surface area contributed by atoms with E-state index in [0.29, 0.717) is 11.4 Å². The van der Waals surface area contributed by atoms with Gasteiger partial charge in [-0.1, -0.05) is 6.92 Å². The molecule has 0 aliphatic carbocycles. The first-order chi connectivity index (χ1) is 10.1. The second-order valence-corrected chi connectivity index (χ2v) is 4.86. The zero-order chi connectivity index (χ0) is 15.2. The number of carbonyl (C=O) groups is 2. The molecule has 1 aromatic heterocycles. The van der Waals surface area contributed by atoms with Gasteiger partial charge in [0.1, 0.15) is 0 Å². The van der Waals surface area contributed by atoms with E-state index in [1.54, 1.807) is 43.3 Å². The molecule has 2 aromatic rings. The summed E-state index contributed by atoms with van der Waals surface area (Å²) < 4.78 is 5.00. The molecule has 1 unspecified atom stereocenters. The average molecular weight is 307 g/mol. The number of amides is 2. The Kier molecular flexibility index (Phi) is 5.00. The van der Waals surface area contributed by atoms with Gasteiger partial charge in [0.25, 0.3) is 5.91 Å². The molecular formula is C15H15ClN2O3. The fourth-order valence-electron chi connectivity index (χ4n) is 1.57. The Balaban J connectivity index is 1.96. The SMILES string of the molecule is CC(CCl)C(=O)Nc1ccc(NC(=O)c2ccco2)cc1. The number of nitrogens with one attached hydrogen (secondary N) is 2. The van der Waals surface area contributed by atoms with Gasteiger partial charge in [0, 0.05) is 23.2 Å². The van der Waals surface area contributed by atoms with Gasteiger partial charge in [0.15, 0.2) is 5.76 Å². The van der Waals surface area contributed by atoms with Crippen LogP contribution >= 0.6 is 11.6 Å². The fraction of sp³-hybridized carbons (Fsp3) is 0.200. The monoisotopic (exact) mass is 306 g/mol. The van der Waals surface area contributed by atoms with E-state index in [1.165, 1.54) is 6.26 Å². The third-order valence-corrected chi connectivity index (χ3v) is 3.30. The van der Waals surface area contributed by atoms with Crippen LogP contribution in [0.5, 0.6) is 0 Å². The van der Waals surface area contributed by atoms with Gasteiger partial charge in [0.2, 0.25) is 5.91 Å². The second kappa shape index (κ2) is 6.95. The first-order valence-corrected chi connectivity index (χ1v) is 6.95. The summed E-state index contributed by atoms with van der Waals surface area (Å²) in [4.78, 5) is 23.5. The molecule has 0 bridgehead atoms. The summed E-state index contributed by atoms with van der Waals surface area (Å²) >= 11 is 5.63. The number of carbonyl (C=O) groups excluding carboxylic acids is 2. The van der Waals surface area contributed by atoms with Gasteiger partial charge in [-0.25, -0.2) is 0 Å². The molecule has 1 atom stereocenters. The zero-order valence-corrected chi connectivity index (χ0v) is 12.2. The fourth-order valence-corrected chi connectivity index (χ4v) is 1.71. The van der Waals surface area contributed by atoms with Gasteiger partial charge >= 0.3 is 0 Å². The number of halogens is 1. The van der Waals surface area contributed by atoms with Gasteiger partial charge in [-0.2, -0.15) is 0 Å². The van der Waals surface area contributed by atoms with E-state index in [1.807, 2.05) is 0 Å². The van der Waals surface area contributed by atoms with Crippen LogP contribution in [0.15, 0.2) is 47.1 Å². The number of hydrogen-bond acceptors (Lipinski definition) is 3. The Morgan fingerprint density at radius 1 is 1.14 bits per heavy atom. The van der Waals surface area contributed by atoms with Crippen molar-refractivity contribution in [1.82, 2.24) is 0 Å². The normalized spacial score (nSPS) is 11.7. The highest BCUT2D eigenvalue weighted by molar-refractivity contribution is 6.19. The third-order valence-electron chi connectivity index (χ3n) is 2.83. The summed E-state index contributed by atoms with van der Waals surface area (Å²) in [5.74, 6) is -0.221. The van der Waals surface area contributed by atoms with Crippen molar-refractivity contribution in [3.63, 3.8) is 0 Å². The van der Waals surface area contributed by atoms with Crippen LogP contribution in [0.2, 0.25) is 0 Å². The molecule has 1 aromatic carbocycles. The molecule has 21 heavy (non-hydrogen) atoms. The van der Waals surface area contributed by atoms with Crippen LogP contribution in [-0.4, -0.2) is 17.7 Å². The van der Waals surface area contributed by atoms with E-state index < -0.39 is 0 Å². The van der Waals surface area contributed by atoms with Crippen molar-refractivity contribution in [3.8, 4) is 0 Å². The highest BCUT2D eigenvalue weighted by atomic mass is 35.5. The Morgan fingerprint density at radius 2 is 1.76 bits per heavy atom. The van der Waals surface area contributed by atoms with E-state index in [0.717, 1.165) is 0 Å². The van der Waals surface area contributed by atoms with Gasteiger partial charge in [-0.05, 0) is 36.4 Å². The topological polar surface area (TPSA) is 71.3 Å². The number of rotatable bonds is 5. The molecule has 2 N–H and O–H groups in total. The quantitative estimate of drug-likeness (QED) is 0.832. The van der Waals surface area contributed by atoms with Gasteiger partial charge in [-0.15, -0.1) is 11.6 Å². The Morgan fingerprint density at radius 3 is 2.29 bits per heavy atom. The van der Waals surface area contributed by atoms with Gasteiger partial charge < -0.3 is 15.1 Å². The molecule has 0 aliphatic rings. The zero-order valence-electron chi connectivity index (χ0n) is 11.4. The predicted octanol–water partition coefficient (Wildman–Crippen LogP) is 3.35. The lowest BCUT2D eigenvalue weighted by Gasteiger charge is -2.10. The maximum Gasteiger partial charge on any atom is 0.291 e. The summed E-state index contributed by atoms with van der Waals surface area (Å²) in [7, 11) is 0. The number of hydrogen-bond donors (Lipinski definition) is 2.